The van der Waals surface area contributed by atoms with Crippen molar-refractivity contribution in [3.05, 3.63) is 12.5 Å². The maximum absolute atomic E-state index is 12.8. The first-order valence-corrected chi connectivity index (χ1v) is 9.44. The Hall–Kier alpha value is -3.48. The van der Waals surface area contributed by atoms with Crippen molar-refractivity contribution in [3.8, 4) is 0 Å². The second-order valence-corrected chi connectivity index (χ2v) is 6.50. The zero-order valence-electron chi connectivity index (χ0n) is 16.6. The summed E-state index contributed by atoms with van der Waals surface area (Å²) in [5.74, 6) is -2.21. The number of carboxylic acid groups (broad SMARTS) is 1. The summed E-state index contributed by atoms with van der Waals surface area (Å²) in [4.78, 5) is 43.9. The van der Waals surface area contributed by atoms with E-state index in [1.54, 1.807) is 0 Å². The molecule has 7 N–H and O–H groups in total. The molecule has 2 aromatic heterocycles. The lowest BCUT2D eigenvalue weighted by atomic mass is 10.1. The summed E-state index contributed by atoms with van der Waals surface area (Å²) >= 11 is 0. The number of hydrogen-bond acceptors (Lipinski definition) is 8. The average molecular weight is 422 g/mol. The number of carboxylic acids is 1. The molecule has 30 heavy (non-hydrogen) atoms. The van der Waals surface area contributed by atoms with Gasteiger partial charge in [0.2, 0.25) is 11.7 Å². The number of aliphatic carboxylic acids is 1. The first-order chi connectivity index (χ1) is 14.3. The molecule has 13 nitrogen and oxygen atoms in total. The molecule has 1 atom stereocenters. The molecule has 1 amide bonds. The summed E-state index contributed by atoms with van der Waals surface area (Å²) in [5.41, 5.74) is 8.49. The number of aliphatic hydroxyl groups is 1. The number of ether oxygens (including phenoxy) is 1. The summed E-state index contributed by atoms with van der Waals surface area (Å²) < 4.78 is 5.18. The number of carbonyl (C=O) groups excluding carboxylic acids is 1. The number of aromatic nitrogens is 4. The monoisotopic (exact) mass is 422 g/mol. The highest BCUT2D eigenvalue weighted by molar-refractivity contribution is 5.96. The van der Waals surface area contributed by atoms with Crippen LogP contribution in [0.5, 0.6) is 0 Å². The Balaban J connectivity index is 2.36. The van der Waals surface area contributed by atoms with Crippen molar-refractivity contribution in [2.45, 2.75) is 44.8 Å². The molecular weight excluding hydrogens is 396 g/mol. The number of unbranched alkanes of at least 4 members (excludes halogenated alkanes) is 2. The molecule has 2 rings (SSSR count). The molecule has 0 aliphatic carbocycles. The van der Waals surface area contributed by atoms with Crippen LogP contribution >= 0.6 is 0 Å². The van der Waals surface area contributed by atoms with Gasteiger partial charge in [0.05, 0.1) is 19.1 Å². The lowest BCUT2D eigenvalue weighted by Crippen LogP contribution is -2.58. The van der Waals surface area contributed by atoms with E-state index in [4.69, 9.17) is 16.2 Å². The molecule has 0 bridgehead atoms. The number of amides is 1. The number of carbonyl (C=O) groups is 2. The molecule has 0 fully saturated rings. The van der Waals surface area contributed by atoms with Crippen molar-refractivity contribution >= 4 is 35.1 Å². The third-order valence-corrected chi connectivity index (χ3v) is 4.21. The van der Waals surface area contributed by atoms with Gasteiger partial charge in [-0.3, -0.25) is 4.99 Å². The van der Waals surface area contributed by atoms with Crippen molar-refractivity contribution in [1.82, 2.24) is 19.9 Å². The summed E-state index contributed by atoms with van der Waals surface area (Å²) in [6.07, 6.45) is 3.59. The normalized spacial score (nSPS) is 12.9. The first kappa shape index (κ1) is 22.8. The number of aromatic amines is 1. The van der Waals surface area contributed by atoms with Crippen molar-refractivity contribution in [2.24, 2.45) is 16.5 Å². The van der Waals surface area contributed by atoms with Gasteiger partial charge in [0.15, 0.2) is 11.6 Å². The Morgan fingerprint density at radius 2 is 2.07 bits per heavy atom. The van der Waals surface area contributed by atoms with Crippen LogP contribution in [-0.2, 0) is 9.53 Å². The number of anilines is 1. The van der Waals surface area contributed by atoms with E-state index < -0.39 is 24.2 Å². The number of nitrogens with two attached hydrogens (primary N) is 2. The minimum absolute atomic E-state index is 0.0522. The van der Waals surface area contributed by atoms with Crippen LogP contribution < -0.4 is 16.4 Å². The SMILES string of the molecule is CCCCCOC(=O)N(c1ncc2[nH]cnc2n1)[C@](O)(CCCN=C(N)N)C(=O)O. The van der Waals surface area contributed by atoms with Crippen LogP contribution in [0.4, 0.5) is 10.7 Å². The highest BCUT2D eigenvalue weighted by atomic mass is 16.6. The summed E-state index contributed by atoms with van der Waals surface area (Å²) in [7, 11) is 0. The average Bonchev–Trinajstić information content (AvgIpc) is 3.16. The Bertz CT molecular complexity index is 897. The van der Waals surface area contributed by atoms with Crippen LogP contribution in [0.1, 0.15) is 39.0 Å². The van der Waals surface area contributed by atoms with E-state index in [9.17, 15) is 19.8 Å². The van der Waals surface area contributed by atoms with Gasteiger partial charge in [-0.1, -0.05) is 19.8 Å². The quantitative estimate of drug-likeness (QED) is 0.145. The zero-order valence-corrected chi connectivity index (χ0v) is 16.6. The summed E-state index contributed by atoms with van der Waals surface area (Å²) in [6.45, 7) is 2.09. The molecule has 0 saturated heterocycles. The Morgan fingerprint density at radius 1 is 1.30 bits per heavy atom. The van der Waals surface area contributed by atoms with Gasteiger partial charge in [0.1, 0.15) is 5.52 Å². The largest absolute Gasteiger partial charge is 0.478 e. The van der Waals surface area contributed by atoms with Gasteiger partial charge in [0.25, 0.3) is 0 Å². The van der Waals surface area contributed by atoms with E-state index in [2.05, 4.69) is 24.9 Å². The number of imidazole rings is 1. The van der Waals surface area contributed by atoms with E-state index in [0.717, 1.165) is 12.8 Å². The predicted molar refractivity (Wildman–Crippen MR) is 108 cm³/mol. The molecular formula is C17H26N8O5. The van der Waals surface area contributed by atoms with E-state index in [1.165, 1.54) is 12.5 Å². The first-order valence-electron chi connectivity index (χ1n) is 9.44. The Labute approximate surface area is 172 Å². The third-order valence-electron chi connectivity index (χ3n) is 4.21. The molecule has 164 valence electrons. The highest BCUT2D eigenvalue weighted by Gasteiger charge is 2.48. The molecule has 0 aromatic carbocycles. The minimum Gasteiger partial charge on any atom is -0.478 e. The minimum atomic E-state index is -2.69. The van der Waals surface area contributed by atoms with E-state index in [0.29, 0.717) is 16.8 Å². The van der Waals surface area contributed by atoms with Crippen molar-refractivity contribution in [1.29, 1.82) is 0 Å². The van der Waals surface area contributed by atoms with Gasteiger partial charge in [0, 0.05) is 13.0 Å². The Kier molecular flexibility index (Phi) is 7.86. The second-order valence-electron chi connectivity index (χ2n) is 6.50. The number of hydrogen-bond donors (Lipinski definition) is 5. The van der Waals surface area contributed by atoms with Crippen LogP contribution in [0.25, 0.3) is 11.2 Å². The standard InChI is InChI=1S/C17H26N8O5/c1-2-3-4-8-30-16(28)25(15-21-9-11-12(24-15)23-10-22-11)17(29,13(26)27)6-5-7-20-14(18)19/h9-10,29H,2-8H2,1H3,(H,26,27)(H4,18,19,20)(H,21,22,23,24)/t17-/m0/s1. The van der Waals surface area contributed by atoms with Gasteiger partial charge >= 0.3 is 12.1 Å². The molecule has 13 heteroatoms. The van der Waals surface area contributed by atoms with Gasteiger partial charge < -0.3 is 31.4 Å². The number of H-pyrrole nitrogens is 1. The van der Waals surface area contributed by atoms with Crippen LogP contribution in [0, 0.1) is 0 Å². The number of nitrogens with zero attached hydrogens (tertiary/aromatic N) is 5. The number of aliphatic imine (C=N–C) groups is 1. The molecule has 0 spiro atoms. The van der Waals surface area contributed by atoms with Gasteiger partial charge in [-0.15, -0.1) is 0 Å². The molecule has 0 unspecified atom stereocenters. The van der Waals surface area contributed by atoms with E-state index in [1.807, 2.05) is 6.92 Å². The topological polar surface area (TPSA) is 206 Å². The second kappa shape index (κ2) is 10.3. The fourth-order valence-electron chi connectivity index (χ4n) is 2.66. The predicted octanol–water partition coefficient (Wildman–Crippen LogP) is 0.313. The van der Waals surface area contributed by atoms with Crippen LogP contribution in [0.2, 0.25) is 0 Å². The van der Waals surface area contributed by atoms with Gasteiger partial charge in [-0.05, 0) is 12.8 Å². The number of nitrogens with one attached hydrogen (secondary N) is 1. The maximum Gasteiger partial charge on any atom is 0.419 e. The van der Waals surface area contributed by atoms with Gasteiger partial charge in [-0.2, -0.15) is 4.98 Å². The summed E-state index contributed by atoms with van der Waals surface area (Å²) in [6, 6.07) is 0. The number of guanidine groups is 1. The third kappa shape index (κ3) is 5.53. The van der Waals surface area contributed by atoms with E-state index in [-0.39, 0.29) is 37.1 Å². The molecule has 2 heterocycles. The lowest BCUT2D eigenvalue weighted by Gasteiger charge is -2.33. The fourth-order valence-corrected chi connectivity index (χ4v) is 2.66. The molecule has 0 aliphatic heterocycles. The smallest absolute Gasteiger partial charge is 0.419 e. The van der Waals surface area contributed by atoms with Crippen LogP contribution in [-0.4, -0.2) is 67.0 Å². The molecule has 0 radical (unpaired) electrons. The van der Waals surface area contributed by atoms with Crippen molar-refractivity contribution in [3.63, 3.8) is 0 Å². The lowest BCUT2D eigenvalue weighted by molar-refractivity contribution is -0.159. The fraction of sp³-hybridized carbons (Fsp3) is 0.529. The zero-order chi connectivity index (χ0) is 22.1. The highest BCUT2D eigenvalue weighted by Crippen LogP contribution is 2.26. The summed E-state index contributed by atoms with van der Waals surface area (Å²) in [5, 5.41) is 20.7. The van der Waals surface area contributed by atoms with E-state index >= 15 is 0 Å². The van der Waals surface area contributed by atoms with Crippen molar-refractivity contribution in [2.75, 3.05) is 18.1 Å². The molecule has 0 aliphatic rings. The maximum atomic E-state index is 12.8. The van der Waals surface area contributed by atoms with Crippen LogP contribution in [0.3, 0.4) is 0 Å². The molecule has 0 saturated carbocycles. The van der Waals surface area contributed by atoms with Crippen LogP contribution in [0.15, 0.2) is 17.5 Å². The molecule has 2 aromatic rings. The van der Waals surface area contributed by atoms with Gasteiger partial charge in [-0.25, -0.2) is 24.5 Å². The van der Waals surface area contributed by atoms with Crippen molar-refractivity contribution < 1.29 is 24.5 Å². The number of rotatable bonds is 11. The Morgan fingerprint density at radius 3 is 2.73 bits per heavy atom. The number of fused-ring (bicyclic) bond motifs is 1.